The molecule has 3 amide bonds. The molecule has 1 fully saturated rings. The van der Waals surface area contributed by atoms with Gasteiger partial charge in [-0.05, 0) is 0 Å². The number of halogens is 1. The molecule has 1 aromatic carbocycles. The number of rotatable bonds is 8. The van der Waals surface area contributed by atoms with Crippen LogP contribution in [0.4, 0.5) is 0 Å². The van der Waals surface area contributed by atoms with E-state index in [0.29, 0.717) is 24.2 Å². The van der Waals surface area contributed by atoms with Gasteiger partial charge in [0.2, 0.25) is 0 Å². The van der Waals surface area contributed by atoms with Crippen molar-refractivity contribution >= 4 is 17.7 Å². The fraction of sp³-hybridized carbons (Fsp3) is 0.500. The number of carbonyl (C=O) groups is 3. The Kier molecular flexibility index (Phi) is 9.50. The molecule has 0 bridgehead atoms. The minimum Gasteiger partial charge on any atom is -0.0622 e. The van der Waals surface area contributed by atoms with Gasteiger partial charge in [-0.25, -0.2) is 0 Å². The standard InChI is InChI=1S/C20H26IN4O4/c1-16(2)11-24(12-19(27)23-8-9-29-21-14-23)20(28)13-25(15-22)18(26)10-17-6-4-3-5-7-17/h3-7,16H,8-14H2,1-2H3/q-1/p+1. The van der Waals surface area contributed by atoms with Gasteiger partial charge in [0.1, 0.15) is 0 Å². The molecule has 1 saturated heterocycles. The average Bonchev–Trinajstić information content (AvgIpc) is 2.72. The number of nitrogens with one attached hydrogen (secondary N) is 1. The van der Waals surface area contributed by atoms with Gasteiger partial charge >= 0.3 is 164 Å². The zero-order valence-electron chi connectivity index (χ0n) is 16.8. The number of hydrogen-bond donors (Lipinski definition) is 1. The molecule has 29 heavy (non-hydrogen) atoms. The van der Waals surface area contributed by atoms with E-state index in [9.17, 15) is 19.6 Å². The second kappa shape index (κ2) is 11.8. The summed E-state index contributed by atoms with van der Waals surface area (Å²) in [5, 5.41) is 9.41. The van der Waals surface area contributed by atoms with Gasteiger partial charge in [0.05, 0.1) is 0 Å². The minimum absolute atomic E-state index is 0.0354. The van der Waals surface area contributed by atoms with Crippen LogP contribution in [0.1, 0.15) is 19.4 Å². The Bertz CT molecular complexity index is 745. The van der Waals surface area contributed by atoms with Gasteiger partial charge in [-0.15, -0.1) is 0 Å². The Labute approximate surface area is 182 Å². The third-order valence-electron chi connectivity index (χ3n) is 4.33. The molecule has 0 aliphatic carbocycles. The summed E-state index contributed by atoms with van der Waals surface area (Å²) < 4.78 is 5.99. The van der Waals surface area contributed by atoms with Crippen LogP contribution in [-0.2, 0) is 23.9 Å². The Balaban J connectivity index is 2.00. The zero-order chi connectivity index (χ0) is 21.2. The van der Waals surface area contributed by atoms with Gasteiger partial charge < -0.3 is 0 Å². The molecule has 1 aromatic rings. The van der Waals surface area contributed by atoms with E-state index < -0.39 is 21.6 Å². The molecule has 0 spiro atoms. The fourth-order valence-electron chi connectivity index (χ4n) is 2.85. The van der Waals surface area contributed by atoms with Crippen molar-refractivity contribution in [2.75, 3.05) is 37.3 Å². The molecule has 1 atom stereocenters. The van der Waals surface area contributed by atoms with E-state index in [0.717, 1.165) is 5.56 Å². The molecule has 1 aliphatic rings. The monoisotopic (exact) mass is 514 g/mol. The van der Waals surface area contributed by atoms with Crippen molar-refractivity contribution in [3.8, 4) is 6.19 Å². The Morgan fingerprint density at radius 2 is 2.03 bits per heavy atom. The summed E-state index contributed by atoms with van der Waals surface area (Å²) in [5.41, 5.74) is 0.794. The minimum atomic E-state index is -0.459. The summed E-state index contributed by atoms with van der Waals surface area (Å²) in [6, 6.07) is 9.11. The van der Waals surface area contributed by atoms with Crippen molar-refractivity contribution in [1.29, 1.82) is 5.26 Å². The van der Waals surface area contributed by atoms with Crippen molar-refractivity contribution in [1.82, 2.24) is 9.80 Å². The molecule has 158 valence electrons. The predicted molar refractivity (Wildman–Crippen MR) is 101 cm³/mol. The molecule has 1 heterocycles. The summed E-state index contributed by atoms with van der Waals surface area (Å²) in [4.78, 5) is 41.0. The maximum atomic E-state index is 12.8. The number of benzene rings is 1. The first-order valence-corrected chi connectivity index (χ1v) is 11.9. The van der Waals surface area contributed by atoms with E-state index >= 15 is 0 Å². The van der Waals surface area contributed by atoms with Crippen molar-refractivity contribution in [3.63, 3.8) is 0 Å². The Morgan fingerprint density at radius 3 is 2.62 bits per heavy atom. The predicted octanol–water partition coefficient (Wildman–Crippen LogP) is -3.57. The van der Waals surface area contributed by atoms with Crippen molar-refractivity contribution in [2.24, 2.45) is 5.92 Å². The van der Waals surface area contributed by atoms with Crippen LogP contribution in [0.2, 0.25) is 0 Å². The van der Waals surface area contributed by atoms with E-state index in [1.807, 2.05) is 50.4 Å². The van der Waals surface area contributed by atoms with Crippen LogP contribution < -0.4 is 26.5 Å². The Hall–Kier alpha value is -2.03. The molecule has 1 unspecified atom stereocenters. The van der Waals surface area contributed by atoms with Crippen molar-refractivity contribution in [3.05, 3.63) is 35.9 Å². The number of nitriles is 1. The molecule has 0 saturated carbocycles. The van der Waals surface area contributed by atoms with E-state index in [1.165, 1.54) is 4.90 Å². The quantitative estimate of drug-likeness (QED) is 0.168. The number of quaternary nitrogens is 1. The molecule has 0 radical (unpaired) electrons. The molecule has 1 aliphatic heterocycles. The van der Waals surface area contributed by atoms with E-state index in [-0.39, 0.29) is 48.0 Å². The second-order valence-electron chi connectivity index (χ2n) is 7.22. The topological polar surface area (TPSA) is 95.2 Å². The molecule has 0 aromatic heterocycles. The number of amides is 3. The molecule has 9 heteroatoms. The number of nitrogens with zero attached hydrogens (tertiary/aromatic N) is 3. The third-order valence-corrected chi connectivity index (χ3v) is 6.32. The van der Waals surface area contributed by atoms with Gasteiger partial charge in [0, 0.05) is 0 Å². The molecule has 2 rings (SSSR count). The van der Waals surface area contributed by atoms with Crippen LogP contribution in [0.3, 0.4) is 0 Å². The van der Waals surface area contributed by atoms with Gasteiger partial charge in [-0.3, -0.25) is 0 Å². The van der Waals surface area contributed by atoms with Crippen LogP contribution in [0.15, 0.2) is 30.3 Å². The van der Waals surface area contributed by atoms with Crippen LogP contribution in [-0.4, -0.2) is 64.9 Å². The van der Waals surface area contributed by atoms with E-state index in [4.69, 9.17) is 3.07 Å². The Morgan fingerprint density at radius 1 is 1.31 bits per heavy atom. The van der Waals surface area contributed by atoms with Crippen LogP contribution in [0.25, 0.3) is 0 Å². The smallest absolute Gasteiger partial charge is 0.0622 e. The summed E-state index contributed by atoms with van der Waals surface area (Å²) >= 11 is -0.459. The summed E-state index contributed by atoms with van der Waals surface area (Å²) in [6.07, 6.45) is 1.97. The van der Waals surface area contributed by atoms with Crippen molar-refractivity contribution in [2.45, 2.75) is 20.3 Å². The third kappa shape index (κ3) is 7.72. The van der Waals surface area contributed by atoms with Crippen LogP contribution >= 0.6 is 0 Å². The average molecular weight is 514 g/mol. The van der Waals surface area contributed by atoms with E-state index in [2.05, 4.69) is 0 Å². The van der Waals surface area contributed by atoms with Gasteiger partial charge in [0.25, 0.3) is 0 Å². The summed E-state index contributed by atoms with van der Waals surface area (Å²) in [7, 11) is 0. The van der Waals surface area contributed by atoms with Crippen LogP contribution in [0, 0.1) is 17.4 Å². The van der Waals surface area contributed by atoms with Gasteiger partial charge in [0.15, 0.2) is 0 Å². The summed E-state index contributed by atoms with van der Waals surface area (Å²) in [6.45, 7) is 5.08. The fourth-order valence-corrected chi connectivity index (χ4v) is 4.62. The molecule has 8 nitrogen and oxygen atoms in total. The number of carbonyl (C=O) groups excluding carboxylic acids is 3. The van der Waals surface area contributed by atoms with Gasteiger partial charge in [-0.1, -0.05) is 18.2 Å². The van der Waals surface area contributed by atoms with Gasteiger partial charge in [-0.2, -0.15) is 0 Å². The molecular formula is C20H27IN4O4. The molecular weight excluding hydrogens is 487 g/mol. The molecule has 1 N–H and O–H groups in total. The van der Waals surface area contributed by atoms with E-state index in [1.54, 1.807) is 4.90 Å². The summed E-state index contributed by atoms with van der Waals surface area (Å²) in [5.74, 6) is -0.681. The SMILES string of the molecule is CC(C)CN(CC(=O)N1CCO[I-]C1)C(=O)C[NH+](C#N)C(=O)Cc1ccccc1. The first kappa shape index (κ1) is 23.3. The van der Waals surface area contributed by atoms with Crippen molar-refractivity contribution < 1.29 is 44.0 Å². The number of alkyl halides is 1. The number of hydrogen-bond acceptors (Lipinski definition) is 5. The second-order valence-corrected chi connectivity index (χ2v) is 9.15. The maximum absolute atomic E-state index is 12.8. The van der Waals surface area contributed by atoms with Crippen LogP contribution in [0.5, 0.6) is 0 Å². The first-order chi connectivity index (χ1) is 13.9. The normalized spacial score (nSPS) is 15.2. The zero-order valence-corrected chi connectivity index (χ0v) is 18.9. The first-order valence-electron chi connectivity index (χ1n) is 9.50.